The molecule has 0 aliphatic carbocycles. The van der Waals surface area contributed by atoms with Crippen LogP contribution in [0.15, 0.2) is 32.1 Å². The maximum absolute atomic E-state index is 13.4. The molecule has 0 aliphatic rings. The fraction of sp³-hybridized carbons (Fsp3) is 0.100. The SMILES string of the molecule is Cc1c(F)c(Br)cc2c(=O)ccoc12. The highest BCUT2D eigenvalue weighted by Crippen LogP contribution is 2.25. The molecule has 0 saturated heterocycles. The van der Waals surface area contributed by atoms with Crippen molar-refractivity contribution in [2.75, 3.05) is 0 Å². The van der Waals surface area contributed by atoms with Crippen molar-refractivity contribution >= 4 is 26.9 Å². The van der Waals surface area contributed by atoms with E-state index in [1.807, 2.05) is 0 Å². The topological polar surface area (TPSA) is 30.2 Å². The predicted octanol–water partition coefficient (Wildman–Crippen LogP) is 3.00. The Hall–Kier alpha value is -1.16. The fourth-order valence-corrected chi connectivity index (χ4v) is 1.85. The molecule has 2 nitrogen and oxygen atoms in total. The monoisotopic (exact) mass is 256 g/mol. The van der Waals surface area contributed by atoms with Crippen LogP contribution in [-0.2, 0) is 0 Å². The Balaban J connectivity index is 3.06. The van der Waals surface area contributed by atoms with Gasteiger partial charge >= 0.3 is 0 Å². The van der Waals surface area contributed by atoms with Gasteiger partial charge in [-0.15, -0.1) is 0 Å². The lowest BCUT2D eigenvalue weighted by atomic mass is 10.1. The van der Waals surface area contributed by atoms with Gasteiger partial charge in [0.25, 0.3) is 0 Å². The van der Waals surface area contributed by atoms with Gasteiger partial charge in [-0.1, -0.05) is 0 Å². The van der Waals surface area contributed by atoms with Gasteiger partial charge in [0.15, 0.2) is 5.43 Å². The highest BCUT2D eigenvalue weighted by Gasteiger charge is 2.11. The molecule has 0 unspecified atom stereocenters. The third kappa shape index (κ3) is 1.26. The van der Waals surface area contributed by atoms with Crippen molar-refractivity contribution in [2.24, 2.45) is 0 Å². The van der Waals surface area contributed by atoms with Crippen LogP contribution in [0.3, 0.4) is 0 Å². The highest BCUT2D eigenvalue weighted by atomic mass is 79.9. The van der Waals surface area contributed by atoms with Gasteiger partial charge in [0.1, 0.15) is 11.4 Å². The minimum atomic E-state index is -0.396. The first-order chi connectivity index (χ1) is 6.61. The Kier molecular flexibility index (Phi) is 2.15. The van der Waals surface area contributed by atoms with E-state index in [-0.39, 0.29) is 9.90 Å². The summed E-state index contributed by atoms with van der Waals surface area (Å²) in [5.41, 5.74) is 0.473. The van der Waals surface area contributed by atoms with Crippen LogP contribution in [0.25, 0.3) is 11.0 Å². The van der Waals surface area contributed by atoms with Crippen LogP contribution in [0.4, 0.5) is 4.39 Å². The second-order valence-electron chi connectivity index (χ2n) is 2.96. The van der Waals surface area contributed by atoms with E-state index in [0.29, 0.717) is 16.5 Å². The summed E-state index contributed by atoms with van der Waals surface area (Å²) >= 11 is 3.05. The normalized spacial score (nSPS) is 10.8. The molecule has 0 amide bonds. The van der Waals surface area contributed by atoms with Crippen LogP contribution in [0.5, 0.6) is 0 Å². The van der Waals surface area contributed by atoms with Crippen LogP contribution in [0, 0.1) is 12.7 Å². The van der Waals surface area contributed by atoms with E-state index in [0.717, 1.165) is 0 Å². The molecule has 72 valence electrons. The minimum Gasteiger partial charge on any atom is -0.464 e. The summed E-state index contributed by atoms with van der Waals surface area (Å²) in [6.07, 6.45) is 1.27. The first-order valence-corrected chi connectivity index (χ1v) is 4.76. The molecular formula is C10H6BrFO2. The van der Waals surface area contributed by atoms with Crippen LogP contribution in [-0.4, -0.2) is 0 Å². The summed E-state index contributed by atoms with van der Waals surface area (Å²) in [6.45, 7) is 1.57. The van der Waals surface area contributed by atoms with Crippen LogP contribution in [0.1, 0.15) is 5.56 Å². The lowest BCUT2D eigenvalue weighted by Crippen LogP contribution is -2.00. The van der Waals surface area contributed by atoms with Crippen molar-refractivity contribution in [2.45, 2.75) is 6.92 Å². The summed E-state index contributed by atoms with van der Waals surface area (Å²) in [6, 6.07) is 2.75. The third-order valence-corrected chi connectivity index (χ3v) is 2.64. The lowest BCUT2D eigenvalue weighted by Gasteiger charge is -2.02. The predicted molar refractivity (Wildman–Crippen MR) is 54.9 cm³/mol. The number of halogens is 2. The molecule has 14 heavy (non-hydrogen) atoms. The molecule has 0 aliphatic heterocycles. The highest BCUT2D eigenvalue weighted by molar-refractivity contribution is 9.10. The molecule has 0 bridgehead atoms. The number of benzene rings is 1. The van der Waals surface area contributed by atoms with Gasteiger partial charge in [-0.2, -0.15) is 0 Å². The van der Waals surface area contributed by atoms with Crippen LogP contribution < -0.4 is 5.43 Å². The number of hydrogen-bond donors (Lipinski definition) is 0. The molecule has 0 spiro atoms. The number of hydrogen-bond acceptors (Lipinski definition) is 2. The molecule has 2 aromatic rings. The van der Waals surface area contributed by atoms with Gasteiger partial charge in [-0.05, 0) is 28.9 Å². The zero-order valence-corrected chi connectivity index (χ0v) is 8.89. The Morgan fingerprint density at radius 3 is 2.93 bits per heavy atom. The van der Waals surface area contributed by atoms with Crippen molar-refractivity contribution in [3.8, 4) is 0 Å². The Morgan fingerprint density at radius 1 is 1.50 bits per heavy atom. The van der Waals surface area contributed by atoms with E-state index in [4.69, 9.17) is 4.42 Å². The Labute approximate surface area is 87.5 Å². The molecule has 2 rings (SSSR count). The van der Waals surface area contributed by atoms with E-state index in [9.17, 15) is 9.18 Å². The third-order valence-electron chi connectivity index (χ3n) is 2.07. The summed E-state index contributed by atoms with van der Waals surface area (Å²) < 4.78 is 18.8. The van der Waals surface area contributed by atoms with Gasteiger partial charge < -0.3 is 4.42 Å². The smallest absolute Gasteiger partial charge is 0.192 e. The molecule has 0 atom stereocenters. The van der Waals surface area contributed by atoms with Crippen molar-refractivity contribution in [1.29, 1.82) is 0 Å². The average Bonchev–Trinajstić information content (AvgIpc) is 2.17. The van der Waals surface area contributed by atoms with E-state index >= 15 is 0 Å². The summed E-state index contributed by atoms with van der Waals surface area (Å²) in [4.78, 5) is 11.4. The molecule has 0 saturated carbocycles. The second kappa shape index (κ2) is 3.20. The molecule has 0 N–H and O–H groups in total. The van der Waals surface area contributed by atoms with Gasteiger partial charge in [0.2, 0.25) is 0 Å². The number of rotatable bonds is 0. The Bertz CT molecular complexity index is 560. The first-order valence-electron chi connectivity index (χ1n) is 3.97. The number of fused-ring (bicyclic) bond motifs is 1. The van der Waals surface area contributed by atoms with Gasteiger partial charge in [-0.3, -0.25) is 4.79 Å². The van der Waals surface area contributed by atoms with E-state index < -0.39 is 5.82 Å². The zero-order valence-electron chi connectivity index (χ0n) is 7.30. The molecule has 0 radical (unpaired) electrons. The number of aryl methyl sites for hydroxylation is 1. The van der Waals surface area contributed by atoms with Crippen molar-refractivity contribution in [3.63, 3.8) is 0 Å². The molecular weight excluding hydrogens is 251 g/mol. The van der Waals surface area contributed by atoms with Crippen molar-refractivity contribution in [3.05, 3.63) is 44.5 Å². The molecule has 1 aromatic heterocycles. The Morgan fingerprint density at radius 2 is 2.21 bits per heavy atom. The lowest BCUT2D eigenvalue weighted by molar-refractivity contribution is 0.578. The summed E-state index contributed by atoms with van der Waals surface area (Å²) in [5.74, 6) is -0.396. The average molecular weight is 257 g/mol. The standard InChI is InChI=1S/C10H6BrFO2/c1-5-9(12)7(11)4-6-8(13)2-3-14-10(5)6/h2-4H,1H3. The summed E-state index contributed by atoms with van der Waals surface area (Å²) in [7, 11) is 0. The zero-order chi connectivity index (χ0) is 10.3. The maximum Gasteiger partial charge on any atom is 0.192 e. The maximum atomic E-state index is 13.4. The van der Waals surface area contributed by atoms with Crippen molar-refractivity contribution < 1.29 is 8.81 Å². The van der Waals surface area contributed by atoms with E-state index in [1.165, 1.54) is 18.4 Å². The first kappa shape index (κ1) is 9.40. The molecule has 0 fully saturated rings. The van der Waals surface area contributed by atoms with Gasteiger partial charge in [-0.25, -0.2) is 4.39 Å². The quantitative estimate of drug-likeness (QED) is 0.726. The van der Waals surface area contributed by atoms with E-state index in [1.54, 1.807) is 6.92 Å². The molecule has 1 heterocycles. The summed E-state index contributed by atoms with van der Waals surface area (Å²) in [5, 5.41) is 0.387. The second-order valence-corrected chi connectivity index (χ2v) is 3.81. The van der Waals surface area contributed by atoms with Crippen LogP contribution in [0.2, 0.25) is 0 Å². The van der Waals surface area contributed by atoms with Gasteiger partial charge in [0.05, 0.1) is 16.1 Å². The van der Waals surface area contributed by atoms with Crippen molar-refractivity contribution in [1.82, 2.24) is 0 Å². The van der Waals surface area contributed by atoms with E-state index in [2.05, 4.69) is 15.9 Å². The fourth-order valence-electron chi connectivity index (χ4n) is 1.32. The largest absolute Gasteiger partial charge is 0.464 e. The van der Waals surface area contributed by atoms with Crippen LogP contribution >= 0.6 is 15.9 Å². The minimum absolute atomic E-state index is 0.171. The molecule has 4 heteroatoms. The van der Waals surface area contributed by atoms with Gasteiger partial charge in [0, 0.05) is 11.6 Å². The molecule has 1 aromatic carbocycles.